The van der Waals surface area contributed by atoms with Gasteiger partial charge < -0.3 is 4.74 Å². The summed E-state index contributed by atoms with van der Waals surface area (Å²) in [6.07, 6.45) is 5.96. The zero-order valence-electron chi connectivity index (χ0n) is 12.2. The van der Waals surface area contributed by atoms with Crippen LogP contribution in [-0.2, 0) is 11.2 Å². The van der Waals surface area contributed by atoms with Crippen LogP contribution in [0.2, 0.25) is 0 Å². The van der Waals surface area contributed by atoms with Gasteiger partial charge in [-0.05, 0) is 30.9 Å². The number of unbranched alkanes of at least 4 members (excludes halogenated alkanes) is 2. The van der Waals surface area contributed by atoms with Crippen LogP contribution in [0, 0.1) is 6.92 Å². The van der Waals surface area contributed by atoms with E-state index in [9.17, 15) is 4.39 Å². The molecular weight excluding hydrogens is 243 g/mol. The number of halogens is 1. The molecule has 1 aromatic rings. The van der Waals surface area contributed by atoms with Gasteiger partial charge in [0.25, 0.3) is 6.54 Å². The Balaban J connectivity index is 0.000000982. The minimum absolute atomic E-state index is 0.750. The summed E-state index contributed by atoms with van der Waals surface area (Å²) in [5.41, 5.74) is 2.63. The molecule has 0 bridgehead atoms. The highest BCUT2D eigenvalue weighted by Gasteiger charge is 2.05. The van der Waals surface area contributed by atoms with Gasteiger partial charge in [-0.1, -0.05) is 51.3 Å². The van der Waals surface area contributed by atoms with E-state index in [1.54, 1.807) is 0 Å². The van der Waals surface area contributed by atoms with Gasteiger partial charge in [0.05, 0.1) is 6.61 Å². The lowest BCUT2D eigenvalue weighted by Crippen LogP contribution is -2.02. The molecule has 0 aliphatic heterocycles. The number of aryl methyl sites for hydroxylation is 2. The topological polar surface area (TPSA) is 26.3 Å². The van der Waals surface area contributed by atoms with Gasteiger partial charge in [-0.3, -0.25) is 4.79 Å². The first kappa shape index (κ1) is 17.6. The van der Waals surface area contributed by atoms with Crippen molar-refractivity contribution in [1.82, 2.24) is 0 Å². The Kier molecular flexibility index (Phi) is 10.8. The number of carbonyl (C=O) groups is 1. The smallest absolute Gasteiger partial charge is 0.289 e. The maximum Gasteiger partial charge on any atom is 0.289 e. The van der Waals surface area contributed by atoms with E-state index in [2.05, 4.69) is 39.0 Å². The Morgan fingerprint density at radius 2 is 1.89 bits per heavy atom. The molecule has 0 spiro atoms. The highest BCUT2D eigenvalue weighted by Crippen LogP contribution is 2.24. The largest absolute Gasteiger partial charge is 0.493 e. The minimum atomic E-state index is -0.750. The van der Waals surface area contributed by atoms with E-state index in [-0.39, 0.29) is 0 Å². The molecule has 108 valence electrons. The van der Waals surface area contributed by atoms with Gasteiger partial charge in [0.15, 0.2) is 0 Å². The molecule has 0 heterocycles. The predicted molar refractivity (Wildman–Crippen MR) is 78.1 cm³/mol. The Bertz CT molecular complexity index is 351. The van der Waals surface area contributed by atoms with Crippen LogP contribution >= 0.6 is 0 Å². The second-order valence-electron chi connectivity index (χ2n) is 4.46. The van der Waals surface area contributed by atoms with Crippen molar-refractivity contribution in [2.24, 2.45) is 0 Å². The zero-order valence-corrected chi connectivity index (χ0v) is 12.2. The van der Waals surface area contributed by atoms with Crippen LogP contribution in [0.1, 0.15) is 50.7 Å². The normalized spacial score (nSPS) is 9.47. The predicted octanol–water partition coefficient (Wildman–Crippen LogP) is 4.66. The quantitative estimate of drug-likeness (QED) is 0.408. The second-order valence-corrected chi connectivity index (χ2v) is 4.46. The molecular formula is C16H25FO2. The molecule has 0 atom stereocenters. The van der Waals surface area contributed by atoms with Gasteiger partial charge in [0.2, 0.25) is 0 Å². The number of ether oxygens (including phenoxy) is 1. The zero-order chi connectivity index (χ0) is 14.5. The molecule has 0 saturated heterocycles. The summed E-state index contributed by atoms with van der Waals surface area (Å²) < 4.78 is 15.5. The summed E-state index contributed by atoms with van der Waals surface area (Å²) in [6, 6.07) is 6.44. The Labute approximate surface area is 116 Å². The third-order valence-corrected chi connectivity index (χ3v) is 2.81. The monoisotopic (exact) mass is 268 g/mol. The van der Waals surface area contributed by atoms with Crippen molar-refractivity contribution >= 4 is 6.54 Å². The summed E-state index contributed by atoms with van der Waals surface area (Å²) >= 11 is 0. The third-order valence-electron chi connectivity index (χ3n) is 2.81. The molecule has 0 N–H and O–H groups in total. The van der Waals surface area contributed by atoms with Crippen LogP contribution in [0.25, 0.3) is 0 Å². The summed E-state index contributed by atoms with van der Waals surface area (Å²) in [6.45, 7) is 6.67. The summed E-state index contributed by atoms with van der Waals surface area (Å²) in [7, 11) is 0. The van der Waals surface area contributed by atoms with Gasteiger partial charge in [-0.15, -0.1) is 0 Å². The summed E-state index contributed by atoms with van der Waals surface area (Å²) in [4.78, 5) is 8.14. The van der Waals surface area contributed by atoms with E-state index in [1.807, 2.05) is 0 Å². The van der Waals surface area contributed by atoms with Crippen LogP contribution in [0.5, 0.6) is 5.75 Å². The van der Waals surface area contributed by atoms with Crippen LogP contribution in [0.3, 0.4) is 0 Å². The van der Waals surface area contributed by atoms with Gasteiger partial charge in [0, 0.05) is 0 Å². The third kappa shape index (κ3) is 7.60. The van der Waals surface area contributed by atoms with Gasteiger partial charge in [-0.2, -0.15) is 4.39 Å². The molecule has 19 heavy (non-hydrogen) atoms. The molecule has 1 rings (SSSR count). The van der Waals surface area contributed by atoms with Crippen molar-refractivity contribution in [1.29, 1.82) is 0 Å². The van der Waals surface area contributed by atoms with Crippen molar-refractivity contribution in [3.05, 3.63) is 29.3 Å². The van der Waals surface area contributed by atoms with Crippen molar-refractivity contribution in [2.75, 3.05) is 6.61 Å². The molecule has 1 aromatic carbocycles. The van der Waals surface area contributed by atoms with Crippen LogP contribution in [-0.4, -0.2) is 13.1 Å². The molecule has 2 nitrogen and oxygen atoms in total. The highest BCUT2D eigenvalue weighted by molar-refractivity contribution is 5.40. The first-order valence-corrected chi connectivity index (χ1v) is 6.96. The number of benzene rings is 1. The average molecular weight is 268 g/mol. The SMILES string of the molecule is CCCCCOc1c(C)cccc1CCC.O=CF. The summed E-state index contributed by atoms with van der Waals surface area (Å²) in [5, 5.41) is 0. The van der Waals surface area contributed by atoms with Crippen LogP contribution in [0.15, 0.2) is 18.2 Å². The first-order chi connectivity index (χ1) is 9.21. The lowest BCUT2D eigenvalue weighted by Gasteiger charge is -2.13. The molecule has 0 amide bonds. The summed E-state index contributed by atoms with van der Waals surface area (Å²) in [5.74, 6) is 1.13. The fourth-order valence-electron chi connectivity index (χ4n) is 1.91. The van der Waals surface area contributed by atoms with Crippen molar-refractivity contribution in [3.8, 4) is 5.75 Å². The van der Waals surface area contributed by atoms with E-state index in [1.165, 1.54) is 30.4 Å². The molecule has 0 radical (unpaired) electrons. The maximum atomic E-state index is 9.61. The lowest BCUT2D eigenvalue weighted by atomic mass is 10.1. The fraction of sp³-hybridized carbons (Fsp3) is 0.562. The average Bonchev–Trinajstić information content (AvgIpc) is 2.38. The van der Waals surface area contributed by atoms with Gasteiger partial charge >= 0.3 is 0 Å². The molecule has 0 aliphatic rings. The van der Waals surface area contributed by atoms with E-state index >= 15 is 0 Å². The number of rotatable bonds is 7. The van der Waals surface area contributed by atoms with Gasteiger partial charge in [0.1, 0.15) is 5.75 Å². The second kappa shape index (κ2) is 11.7. The molecule has 0 fully saturated rings. The standard InChI is InChI=1S/C15H24O.CHFO/c1-4-6-7-12-16-15-13(3)10-8-11-14(15)9-5-2;2-1-3/h8,10-11H,4-7,9,12H2,1-3H3;1H. The molecule has 0 aliphatic carbocycles. The van der Waals surface area contributed by atoms with Crippen LogP contribution < -0.4 is 4.74 Å². The molecule has 0 saturated carbocycles. The highest BCUT2D eigenvalue weighted by atomic mass is 19.1. The maximum absolute atomic E-state index is 9.61. The Hall–Kier alpha value is -1.38. The number of hydrogen-bond donors (Lipinski definition) is 0. The minimum Gasteiger partial charge on any atom is -0.493 e. The number of carbonyl (C=O) groups excluding carboxylic acids is 1. The molecule has 0 unspecified atom stereocenters. The van der Waals surface area contributed by atoms with Crippen LogP contribution in [0.4, 0.5) is 4.39 Å². The number of para-hydroxylation sites is 1. The van der Waals surface area contributed by atoms with Crippen molar-refractivity contribution in [2.45, 2.75) is 52.9 Å². The van der Waals surface area contributed by atoms with Crippen molar-refractivity contribution in [3.63, 3.8) is 0 Å². The molecule has 3 heteroatoms. The first-order valence-electron chi connectivity index (χ1n) is 6.96. The molecule has 0 aromatic heterocycles. The van der Waals surface area contributed by atoms with Gasteiger partial charge in [-0.25, -0.2) is 0 Å². The van der Waals surface area contributed by atoms with Crippen molar-refractivity contribution < 1.29 is 13.9 Å². The fourth-order valence-corrected chi connectivity index (χ4v) is 1.91. The van der Waals surface area contributed by atoms with E-state index in [0.29, 0.717) is 0 Å². The lowest BCUT2D eigenvalue weighted by molar-refractivity contribution is 0.301. The van der Waals surface area contributed by atoms with E-state index in [0.717, 1.165) is 25.2 Å². The van der Waals surface area contributed by atoms with E-state index in [4.69, 9.17) is 9.53 Å². The Morgan fingerprint density at radius 3 is 2.47 bits per heavy atom. The van der Waals surface area contributed by atoms with E-state index < -0.39 is 6.54 Å². The number of hydrogen-bond acceptors (Lipinski definition) is 2. The Morgan fingerprint density at radius 1 is 1.21 bits per heavy atom.